The highest BCUT2D eigenvalue weighted by Gasteiger charge is 2.18. The largest absolute Gasteiger partial charge is 0.309 e. The van der Waals surface area contributed by atoms with Crippen LogP contribution < -0.4 is 5.35 Å². The van der Waals surface area contributed by atoms with Crippen LogP contribution in [0.1, 0.15) is 16.7 Å². The molecule has 0 unspecified atom stereocenters. The first kappa shape index (κ1) is 34.7. The van der Waals surface area contributed by atoms with Crippen LogP contribution in [0.15, 0.2) is 206 Å². The van der Waals surface area contributed by atoms with Crippen LogP contribution >= 0.6 is 0 Å². The third kappa shape index (κ3) is 6.02. The summed E-state index contributed by atoms with van der Waals surface area (Å²) in [7, 11) is 0. The Morgan fingerprint density at radius 2 is 0.881 bits per heavy atom. The Morgan fingerprint density at radius 1 is 0.373 bits per heavy atom. The highest BCUT2D eigenvalue weighted by molar-refractivity contribution is 6.22. The van der Waals surface area contributed by atoms with Gasteiger partial charge in [0.2, 0.25) is 0 Å². The molecule has 59 heavy (non-hydrogen) atoms. The van der Waals surface area contributed by atoms with Crippen molar-refractivity contribution in [1.29, 1.82) is 0 Å². The van der Waals surface area contributed by atoms with Crippen LogP contribution in [-0.2, 0) is 6.42 Å². The highest BCUT2D eigenvalue weighted by Crippen LogP contribution is 2.40. The van der Waals surface area contributed by atoms with Gasteiger partial charge in [-0.3, -0.25) is 0 Å². The zero-order chi connectivity index (χ0) is 39.5. The molecule has 0 fully saturated rings. The number of fused-ring (bicyclic) bond motifs is 5. The van der Waals surface area contributed by atoms with E-state index in [1.807, 2.05) is 0 Å². The lowest BCUT2D eigenvalue weighted by Gasteiger charge is -2.17. The average molecular weight is 752 g/mol. The molecule has 2 aromatic heterocycles. The molecule has 1 heteroatoms. The molecule has 0 saturated carbocycles. The van der Waals surface area contributed by atoms with E-state index in [4.69, 9.17) is 0 Å². The molecule has 0 atom stereocenters. The van der Waals surface area contributed by atoms with Gasteiger partial charge in [-0.15, -0.1) is 0 Å². The normalized spacial score (nSPS) is 11.6. The summed E-state index contributed by atoms with van der Waals surface area (Å²) in [5.74, 6) is 0. The van der Waals surface area contributed by atoms with E-state index in [9.17, 15) is 0 Å². The van der Waals surface area contributed by atoms with Gasteiger partial charge in [-0.25, -0.2) is 0 Å². The topological polar surface area (TPSA) is 4.41 Å². The molecule has 0 N–H and O–H groups in total. The van der Waals surface area contributed by atoms with Crippen LogP contribution in [0.4, 0.5) is 0 Å². The molecule has 0 aliphatic heterocycles. The summed E-state index contributed by atoms with van der Waals surface area (Å²) in [6.45, 7) is 6.89. The summed E-state index contributed by atoms with van der Waals surface area (Å²) in [6.07, 6.45) is 0.816. The molecule has 0 aliphatic rings. The van der Waals surface area contributed by atoms with Crippen LogP contribution in [0, 0.1) is 6.92 Å². The number of rotatable bonds is 7. The summed E-state index contributed by atoms with van der Waals surface area (Å²) in [6, 6.07) is 75.6. The van der Waals surface area contributed by atoms with Gasteiger partial charge in [0.25, 0.3) is 0 Å². The van der Waals surface area contributed by atoms with Crippen molar-refractivity contribution in [2.75, 3.05) is 0 Å². The Balaban J connectivity index is 1.04. The van der Waals surface area contributed by atoms with Gasteiger partial charge in [-0.05, 0) is 127 Å². The first-order valence-corrected chi connectivity index (χ1v) is 20.5. The van der Waals surface area contributed by atoms with E-state index in [2.05, 4.69) is 224 Å². The molecule has 0 spiro atoms. The molecule has 0 radical (unpaired) electrons. The minimum atomic E-state index is 0.816. The zero-order valence-electron chi connectivity index (χ0n) is 33.0. The summed E-state index contributed by atoms with van der Waals surface area (Å²) in [5.41, 5.74) is 18.6. The van der Waals surface area contributed by atoms with E-state index in [0.29, 0.717) is 0 Å². The van der Waals surface area contributed by atoms with E-state index in [1.165, 1.54) is 110 Å². The van der Waals surface area contributed by atoms with E-state index < -0.39 is 0 Å². The number of hydrogen-bond acceptors (Lipinski definition) is 0. The lowest BCUT2D eigenvalue weighted by Crippen LogP contribution is -2.12. The molecule has 11 aromatic rings. The number of pyridine rings is 1. The van der Waals surface area contributed by atoms with Gasteiger partial charge in [-0.1, -0.05) is 176 Å². The maximum absolute atomic E-state index is 4.65. The van der Waals surface area contributed by atoms with Gasteiger partial charge >= 0.3 is 0 Å². The Labute approximate surface area is 344 Å². The van der Waals surface area contributed by atoms with Crippen molar-refractivity contribution >= 4 is 44.5 Å². The molecule has 0 amide bonds. The Morgan fingerprint density at radius 3 is 1.58 bits per heavy atom. The van der Waals surface area contributed by atoms with E-state index in [-0.39, 0.29) is 0 Å². The van der Waals surface area contributed by atoms with Crippen molar-refractivity contribution in [3.63, 3.8) is 0 Å². The molecular formula is C58H41N. The standard InChI is InChI=1S/C58H41N/c1-38-25-26-45(41-16-6-3-7-17-41)33-52(38)53-34-46(42-18-8-4-9-19-42)27-28-48(53)32-40-15-14-22-44(31-40)47-29-30-57-54(35-47)56-37-49(43-20-10-5-11-21-43)36-55-51-24-13-12-23-50(51)39(2)59(57)58(55)56/h3-31,33-37H,2,32H2,1H3. The number of nitrogens with zero attached hydrogens (tertiary/aromatic N) is 1. The molecule has 11 rings (SSSR count). The lowest BCUT2D eigenvalue weighted by atomic mass is 9.87. The fourth-order valence-electron chi connectivity index (χ4n) is 9.30. The fraction of sp³-hybridized carbons (Fsp3) is 0.0345. The Bertz CT molecular complexity index is 3410. The van der Waals surface area contributed by atoms with Gasteiger partial charge in [-0.2, -0.15) is 0 Å². The second kappa shape index (κ2) is 14.2. The number of aromatic nitrogens is 1. The predicted octanol–water partition coefficient (Wildman–Crippen LogP) is 14.8. The van der Waals surface area contributed by atoms with E-state index in [0.717, 1.165) is 11.8 Å². The van der Waals surface area contributed by atoms with Gasteiger partial charge in [0.05, 0.1) is 11.0 Å². The van der Waals surface area contributed by atoms with Crippen LogP contribution in [-0.4, -0.2) is 4.40 Å². The molecule has 0 saturated heterocycles. The van der Waals surface area contributed by atoms with Crippen molar-refractivity contribution in [3.05, 3.63) is 228 Å². The van der Waals surface area contributed by atoms with Crippen LogP contribution in [0.25, 0.3) is 100 Å². The molecule has 1 nitrogen and oxygen atoms in total. The summed E-state index contributed by atoms with van der Waals surface area (Å²) < 4.78 is 2.38. The zero-order valence-corrected chi connectivity index (χ0v) is 33.0. The van der Waals surface area contributed by atoms with Gasteiger partial charge in [0.1, 0.15) is 0 Å². The van der Waals surface area contributed by atoms with Crippen LogP contribution in [0.5, 0.6) is 0 Å². The third-order valence-corrected chi connectivity index (χ3v) is 12.3. The maximum Gasteiger partial charge on any atom is 0.0620 e. The molecule has 2 heterocycles. The predicted molar refractivity (Wildman–Crippen MR) is 252 cm³/mol. The molecule has 0 aliphatic carbocycles. The number of aryl methyl sites for hydroxylation is 1. The van der Waals surface area contributed by atoms with Crippen molar-refractivity contribution in [3.8, 4) is 55.6 Å². The quantitative estimate of drug-likeness (QED) is 0.143. The average Bonchev–Trinajstić information content (AvgIpc) is 3.63. The van der Waals surface area contributed by atoms with Crippen molar-refractivity contribution in [1.82, 2.24) is 4.40 Å². The lowest BCUT2D eigenvalue weighted by molar-refractivity contribution is 1.19. The summed E-state index contributed by atoms with van der Waals surface area (Å²) >= 11 is 0. The second-order valence-corrected chi connectivity index (χ2v) is 15.9. The van der Waals surface area contributed by atoms with Crippen LogP contribution in [0.2, 0.25) is 0 Å². The molecular weight excluding hydrogens is 711 g/mol. The van der Waals surface area contributed by atoms with E-state index >= 15 is 0 Å². The minimum Gasteiger partial charge on any atom is -0.309 e. The van der Waals surface area contributed by atoms with Gasteiger partial charge < -0.3 is 4.40 Å². The van der Waals surface area contributed by atoms with Crippen LogP contribution in [0.3, 0.4) is 0 Å². The van der Waals surface area contributed by atoms with Gasteiger partial charge in [0, 0.05) is 26.9 Å². The second-order valence-electron chi connectivity index (χ2n) is 15.9. The van der Waals surface area contributed by atoms with Crippen molar-refractivity contribution < 1.29 is 0 Å². The number of hydrogen-bond donors (Lipinski definition) is 0. The maximum atomic E-state index is 4.65. The van der Waals surface area contributed by atoms with E-state index in [1.54, 1.807) is 0 Å². The third-order valence-electron chi connectivity index (χ3n) is 12.3. The molecule has 9 aromatic carbocycles. The molecule has 0 bridgehead atoms. The first-order valence-electron chi connectivity index (χ1n) is 20.5. The highest BCUT2D eigenvalue weighted by atomic mass is 14.9. The molecule has 278 valence electrons. The summed E-state index contributed by atoms with van der Waals surface area (Å²) in [4.78, 5) is 0. The number of benzene rings is 9. The monoisotopic (exact) mass is 751 g/mol. The Kier molecular flexibility index (Phi) is 8.34. The minimum absolute atomic E-state index is 0.816. The van der Waals surface area contributed by atoms with Gasteiger partial charge in [0.15, 0.2) is 0 Å². The Hall–Kier alpha value is -7.48. The SMILES string of the molecule is C=c1c2ccccc2c2cc(-c3ccccc3)cc3c4cc(-c5cccc(Cc6ccc(-c7ccccc7)cc6-c6cc(-c7ccccc7)ccc6C)c5)ccc4n1c23. The summed E-state index contributed by atoms with van der Waals surface area (Å²) in [5, 5.41) is 7.18. The van der Waals surface area contributed by atoms with Crippen molar-refractivity contribution in [2.45, 2.75) is 13.3 Å². The van der Waals surface area contributed by atoms with Crippen molar-refractivity contribution in [2.24, 2.45) is 0 Å². The fourth-order valence-corrected chi connectivity index (χ4v) is 9.30. The first-order chi connectivity index (χ1) is 29.1. The smallest absolute Gasteiger partial charge is 0.0620 e.